The second kappa shape index (κ2) is 9.62. The molecule has 2 N–H and O–H groups in total. The van der Waals surface area contributed by atoms with E-state index < -0.39 is 69.7 Å². The van der Waals surface area contributed by atoms with Gasteiger partial charge < -0.3 is 19.7 Å². The van der Waals surface area contributed by atoms with Gasteiger partial charge in [-0.3, -0.25) is 4.79 Å². The van der Waals surface area contributed by atoms with Crippen LogP contribution in [0.5, 0.6) is 11.6 Å². The number of ether oxygens (including phenoxy) is 2. The smallest absolute Gasteiger partial charge is 0.417 e. The molecule has 0 amide bonds. The van der Waals surface area contributed by atoms with E-state index in [9.17, 15) is 41.4 Å². The summed E-state index contributed by atoms with van der Waals surface area (Å²) in [5, 5.41) is 19.3. The first-order chi connectivity index (χ1) is 19.7. The number of halogens is 6. The lowest BCUT2D eigenvalue weighted by Gasteiger charge is -2.40. The fraction of sp³-hybridized carbons (Fsp3) is 0.400. The summed E-state index contributed by atoms with van der Waals surface area (Å²) in [6.45, 7) is 0.998. The van der Waals surface area contributed by atoms with Crippen LogP contribution in [0.3, 0.4) is 0 Å². The maximum Gasteiger partial charge on any atom is 0.417 e. The molecule has 6 rings (SSSR count). The molecule has 42 heavy (non-hydrogen) atoms. The van der Waals surface area contributed by atoms with Crippen LogP contribution in [0.2, 0.25) is 0 Å². The summed E-state index contributed by atoms with van der Waals surface area (Å²) in [4.78, 5) is 15.8. The lowest BCUT2D eigenvalue weighted by molar-refractivity contribution is -0.143. The first-order valence-electron chi connectivity index (χ1n) is 13.3. The van der Waals surface area contributed by atoms with E-state index in [1.165, 1.54) is 12.3 Å². The lowest BCUT2D eigenvalue weighted by Crippen LogP contribution is -2.43. The molecule has 1 heterocycles. The van der Waals surface area contributed by atoms with Crippen LogP contribution in [-0.2, 0) is 24.0 Å². The molecule has 3 aromatic rings. The Morgan fingerprint density at radius 1 is 1.02 bits per heavy atom. The van der Waals surface area contributed by atoms with Gasteiger partial charge in [0.05, 0.1) is 23.2 Å². The fourth-order valence-electron chi connectivity index (χ4n) is 6.30. The molecule has 2 atom stereocenters. The van der Waals surface area contributed by atoms with Gasteiger partial charge in [0, 0.05) is 23.7 Å². The summed E-state index contributed by atoms with van der Waals surface area (Å²) in [6.07, 6.45) is -1.97. The number of aliphatic carboxylic acids is 1. The quantitative estimate of drug-likeness (QED) is 0.293. The first-order valence-corrected chi connectivity index (χ1v) is 13.3. The standard InChI is InChI=1S/C30H25F6NO5/c1-28(40)7-14(8-28)12-42-26-23(32)3-15(4-24(26)33)18-2-17(22(31)6-20(18)30(34,35)36)13-41-25-5-16-9-29(27(38)39)10-21(29)19(16)11-37-25/h2-6,11,14,21,40H,7-10,12-13H2,1H3,(H,38,39)/t14?,21-,28?,29-/m1/s1. The zero-order chi connectivity index (χ0) is 30.2. The van der Waals surface area contributed by atoms with Crippen molar-refractivity contribution >= 4 is 5.97 Å². The number of benzene rings is 2. The molecule has 0 bridgehead atoms. The van der Waals surface area contributed by atoms with Crippen LogP contribution in [-0.4, -0.2) is 33.4 Å². The zero-order valence-corrected chi connectivity index (χ0v) is 22.2. The van der Waals surface area contributed by atoms with Gasteiger partial charge in [0.2, 0.25) is 5.88 Å². The van der Waals surface area contributed by atoms with Gasteiger partial charge in [0.1, 0.15) is 12.4 Å². The third-order valence-electron chi connectivity index (χ3n) is 8.48. The normalized spacial score (nSPS) is 25.8. The topological polar surface area (TPSA) is 88.9 Å². The van der Waals surface area contributed by atoms with E-state index in [1.54, 1.807) is 6.92 Å². The monoisotopic (exact) mass is 593 g/mol. The average molecular weight is 594 g/mol. The van der Waals surface area contributed by atoms with Crippen molar-refractivity contribution in [3.05, 3.63) is 76.2 Å². The SMILES string of the molecule is CC1(O)CC(COc2c(F)cc(-c3cc(COc4cc5c(cn4)[C@H]4C[C@]4(C(=O)O)C5)c(F)cc3C(F)(F)F)cc2F)C1. The van der Waals surface area contributed by atoms with E-state index in [1.807, 2.05) is 0 Å². The van der Waals surface area contributed by atoms with Crippen LogP contribution in [0.4, 0.5) is 26.3 Å². The molecular weight excluding hydrogens is 568 g/mol. The predicted molar refractivity (Wildman–Crippen MR) is 135 cm³/mol. The number of pyridine rings is 1. The van der Waals surface area contributed by atoms with Crippen LogP contribution < -0.4 is 9.47 Å². The number of hydrogen-bond acceptors (Lipinski definition) is 5. The third kappa shape index (κ3) is 4.95. The van der Waals surface area contributed by atoms with Gasteiger partial charge in [-0.1, -0.05) is 0 Å². The van der Waals surface area contributed by atoms with E-state index in [4.69, 9.17) is 9.47 Å². The molecule has 2 fully saturated rings. The Balaban J connectivity index is 1.24. The molecule has 12 heteroatoms. The molecule has 1 aromatic heterocycles. The Labute approximate surface area is 235 Å². The highest BCUT2D eigenvalue weighted by Gasteiger charge is 2.65. The molecule has 3 aliphatic rings. The molecule has 0 saturated heterocycles. The number of hydrogen-bond donors (Lipinski definition) is 2. The highest BCUT2D eigenvalue weighted by molar-refractivity contribution is 5.83. The molecule has 2 saturated carbocycles. The van der Waals surface area contributed by atoms with Crippen molar-refractivity contribution in [3.63, 3.8) is 0 Å². The Morgan fingerprint density at radius 3 is 2.33 bits per heavy atom. The molecule has 0 radical (unpaired) electrons. The van der Waals surface area contributed by atoms with Crippen molar-refractivity contribution in [2.75, 3.05) is 6.61 Å². The minimum atomic E-state index is -5.04. The van der Waals surface area contributed by atoms with Gasteiger partial charge in [0.15, 0.2) is 17.4 Å². The number of nitrogens with zero attached hydrogens (tertiary/aromatic N) is 1. The summed E-state index contributed by atoms with van der Waals surface area (Å²) in [5.41, 5.74) is -3.08. The maximum absolute atomic E-state index is 14.9. The van der Waals surface area contributed by atoms with Crippen LogP contribution in [0.15, 0.2) is 36.5 Å². The Kier molecular flexibility index (Phi) is 6.49. The van der Waals surface area contributed by atoms with Crippen molar-refractivity contribution in [2.45, 2.75) is 56.9 Å². The summed E-state index contributed by atoms with van der Waals surface area (Å²) < 4.78 is 97.0. The van der Waals surface area contributed by atoms with Gasteiger partial charge in [-0.15, -0.1) is 0 Å². The third-order valence-corrected chi connectivity index (χ3v) is 8.48. The Bertz CT molecular complexity index is 1570. The van der Waals surface area contributed by atoms with Gasteiger partial charge in [0.25, 0.3) is 0 Å². The number of aliphatic hydroxyl groups is 1. The summed E-state index contributed by atoms with van der Waals surface area (Å²) in [6, 6.07) is 3.98. The second-order valence-electron chi connectivity index (χ2n) is 11.7. The predicted octanol–water partition coefficient (Wildman–Crippen LogP) is 6.42. The minimum Gasteiger partial charge on any atom is -0.487 e. The van der Waals surface area contributed by atoms with Gasteiger partial charge in [-0.25, -0.2) is 18.2 Å². The zero-order valence-electron chi connectivity index (χ0n) is 22.2. The van der Waals surface area contributed by atoms with Crippen LogP contribution in [0.1, 0.15) is 54.4 Å². The van der Waals surface area contributed by atoms with E-state index >= 15 is 0 Å². The number of carboxylic acids is 1. The fourth-order valence-corrected chi connectivity index (χ4v) is 6.30. The van der Waals surface area contributed by atoms with E-state index in [0.29, 0.717) is 31.4 Å². The Morgan fingerprint density at radius 2 is 1.71 bits per heavy atom. The summed E-state index contributed by atoms with van der Waals surface area (Å²) in [5.74, 6) is -5.58. The van der Waals surface area contributed by atoms with Gasteiger partial charge in [-0.05, 0) is 85.0 Å². The van der Waals surface area contributed by atoms with E-state index in [2.05, 4.69) is 4.98 Å². The maximum atomic E-state index is 14.9. The molecule has 6 nitrogen and oxygen atoms in total. The van der Waals surface area contributed by atoms with E-state index in [0.717, 1.165) is 17.2 Å². The number of fused-ring (bicyclic) bond motifs is 3. The summed E-state index contributed by atoms with van der Waals surface area (Å²) in [7, 11) is 0. The number of carbonyl (C=O) groups is 1. The first kappa shape index (κ1) is 28.3. The molecule has 0 unspecified atom stereocenters. The number of alkyl halides is 3. The highest BCUT2D eigenvalue weighted by atomic mass is 19.4. The highest BCUT2D eigenvalue weighted by Crippen LogP contribution is 2.66. The van der Waals surface area contributed by atoms with Crippen molar-refractivity contribution in [1.29, 1.82) is 0 Å². The van der Waals surface area contributed by atoms with Crippen LogP contribution in [0.25, 0.3) is 11.1 Å². The largest absolute Gasteiger partial charge is 0.487 e. The minimum absolute atomic E-state index is 0.0306. The number of rotatable bonds is 8. The van der Waals surface area contributed by atoms with Crippen molar-refractivity contribution < 1.29 is 50.8 Å². The van der Waals surface area contributed by atoms with Crippen LogP contribution in [0, 0.1) is 28.8 Å². The molecular formula is C30H25F6NO5. The molecule has 0 aliphatic heterocycles. The summed E-state index contributed by atoms with van der Waals surface area (Å²) >= 11 is 0. The van der Waals surface area contributed by atoms with Gasteiger partial charge >= 0.3 is 12.1 Å². The lowest BCUT2D eigenvalue weighted by atomic mass is 9.73. The number of carboxylic acid groups (broad SMARTS) is 1. The van der Waals surface area contributed by atoms with Gasteiger partial charge in [-0.2, -0.15) is 13.2 Å². The number of aromatic nitrogens is 1. The van der Waals surface area contributed by atoms with Crippen molar-refractivity contribution in [2.24, 2.45) is 11.3 Å². The van der Waals surface area contributed by atoms with E-state index in [-0.39, 0.29) is 42.4 Å². The molecule has 2 aromatic carbocycles. The average Bonchev–Trinajstić information content (AvgIpc) is 3.52. The molecule has 0 spiro atoms. The second-order valence-corrected chi connectivity index (χ2v) is 11.7. The van der Waals surface area contributed by atoms with Crippen molar-refractivity contribution in [3.8, 4) is 22.8 Å². The molecule has 222 valence electrons. The Hall–Kier alpha value is -3.80. The van der Waals surface area contributed by atoms with Crippen molar-refractivity contribution in [1.82, 2.24) is 4.98 Å². The molecule has 3 aliphatic carbocycles. The van der Waals surface area contributed by atoms with Crippen LogP contribution >= 0.6 is 0 Å².